The average Bonchev–Trinajstić information content (AvgIpc) is 2.74. The lowest BCUT2D eigenvalue weighted by Gasteiger charge is -2.08. The second kappa shape index (κ2) is 12.4. The Kier molecular flexibility index (Phi) is 9.58. The molecule has 2 N–H and O–H groups in total. The number of rotatable bonds is 12. The van der Waals surface area contributed by atoms with Crippen LogP contribution in [0.4, 0.5) is 5.69 Å². The Labute approximate surface area is 178 Å². The van der Waals surface area contributed by atoms with Gasteiger partial charge in [0.25, 0.3) is 0 Å². The number of ketones is 1. The third kappa shape index (κ3) is 8.47. The number of Topliss-reactive ketones (excluding diaryl/α,β-unsaturated/α-hetero) is 1. The summed E-state index contributed by atoms with van der Waals surface area (Å²) < 4.78 is 5.65. The van der Waals surface area contributed by atoms with Crippen LogP contribution in [0.25, 0.3) is 0 Å². The van der Waals surface area contributed by atoms with Gasteiger partial charge in [0.2, 0.25) is 11.8 Å². The lowest BCUT2D eigenvalue weighted by Crippen LogP contribution is -2.23. The molecule has 2 amide bonds. The molecule has 0 atom stereocenters. The Bertz CT molecular complexity index is 847. The maximum atomic E-state index is 12.3. The van der Waals surface area contributed by atoms with Crippen molar-refractivity contribution < 1.29 is 19.1 Å². The van der Waals surface area contributed by atoms with Crippen LogP contribution in [-0.4, -0.2) is 24.2 Å². The smallest absolute Gasteiger partial charge is 0.221 e. The number of amides is 2. The summed E-state index contributed by atoms with van der Waals surface area (Å²) in [5.74, 6) is 0.340. The third-order valence-corrected chi connectivity index (χ3v) is 4.51. The number of unbranched alkanes of at least 4 members (excludes halogenated alkanes) is 2. The summed E-state index contributed by atoms with van der Waals surface area (Å²) in [7, 11) is 0. The van der Waals surface area contributed by atoms with Gasteiger partial charge >= 0.3 is 0 Å². The highest BCUT2D eigenvalue weighted by Gasteiger charge is 2.10. The summed E-state index contributed by atoms with van der Waals surface area (Å²) >= 11 is 0. The van der Waals surface area contributed by atoms with Crippen molar-refractivity contribution >= 4 is 23.3 Å². The zero-order chi connectivity index (χ0) is 21.8. The Hall–Kier alpha value is -3.15. The molecule has 6 heteroatoms. The lowest BCUT2D eigenvalue weighted by atomic mass is 10.1. The van der Waals surface area contributed by atoms with E-state index in [1.807, 2.05) is 12.1 Å². The fourth-order valence-corrected chi connectivity index (χ4v) is 2.90. The number of ether oxygens (including phenoxy) is 1. The fraction of sp³-hybridized carbons (Fsp3) is 0.375. The zero-order valence-corrected chi connectivity index (χ0v) is 17.7. The monoisotopic (exact) mass is 410 g/mol. The van der Waals surface area contributed by atoms with Crippen LogP contribution in [0.1, 0.15) is 61.9 Å². The molecule has 2 aromatic carbocycles. The van der Waals surface area contributed by atoms with Gasteiger partial charge in [-0.25, -0.2) is 0 Å². The van der Waals surface area contributed by atoms with Crippen molar-refractivity contribution in [1.29, 1.82) is 0 Å². The number of hydrogen-bond acceptors (Lipinski definition) is 4. The maximum Gasteiger partial charge on any atom is 0.221 e. The van der Waals surface area contributed by atoms with Gasteiger partial charge in [-0.05, 0) is 48.4 Å². The molecule has 0 aliphatic carbocycles. The molecule has 0 saturated carbocycles. The van der Waals surface area contributed by atoms with Gasteiger partial charge in [-0.15, -0.1) is 0 Å². The van der Waals surface area contributed by atoms with E-state index in [9.17, 15) is 14.4 Å². The van der Waals surface area contributed by atoms with Gasteiger partial charge in [0.05, 0.1) is 6.61 Å². The van der Waals surface area contributed by atoms with Crippen LogP contribution < -0.4 is 15.4 Å². The Morgan fingerprint density at radius 1 is 0.967 bits per heavy atom. The Morgan fingerprint density at radius 3 is 2.43 bits per heavy atom. The number of benzene rings is 2. The summed E-state index contributed by atoms with van der Waals surface area (Å²) in [4.78, 5) is 35.5. The molecule has 30 heavy (non-hydrogen) atoms. The van der Waals surface area contributed by atoms with Crippen molar-refractivity contribution in [3.05, 3.63) is 59.7 Å². The highest BCUT2D eigenvalue weighted by atomic mass is 16.5. The van der Waals surface area contributed by atoms with Gasteiger partial charge in [0, 0.05) is 37.6 Å². The van der Waals surface area contributed by atoms with Crippen LogP contribution in [0.15, 0.2) is 48.5 Å². The highest BCUT2D eigenvalue weighted by Crippen LogP contribution is 2.15. The first-order valence-electron chi connectivity index (χ1n) is 10.4. The molecule has 0 aromatic heterocycles. The summed E-state index contributed by atoms with van der Waals surface area (Å²) in [5.41, 5.74) is 2.13. The summed E-state index contributed by atoms with van der Waals surface area (Å²) in [6.07, 6.45) is 3.57. The number of nitrogens with one attached hydrogen (secondary N) is 2. The van der Waals surface area contributed by atoms with Crippen LogP contribution in [0.3, 0.4) is 0 Å². The van der Waals surface area contributed by atoms with Crippen molar-refractivity contribution in [2.45, 2.75) is 52.5 Å². The molecular formula is C24H30N2O4. The molecule has 0 bridgehead atoms. The van der Waals surface area contributed by atoms with Crippen molar-refractivity contribution in [3.8, 4) is 5.75 Å². The molecule has 160 valence electrons. The van der Waals surface area contributed by atoms with E-state index >= 15 is 0 Å². The van der Waals surface area contributed by atoms with Gasteiger partial charge in [-0.1, -0.05) is 31.9 Å². The minimum atomic E-state index is -0.191. The SMILES string of the molecule is CCCCCOc1ccc(C(=O)CCC(=O)NCc2cccc(NC(C)=O)c2)cc1. The molecule has 0 unspecified atom stereocenters. The van der Waals surface area contributed by atoms with Crippen LogP contribution in [0, 0.1) is 0 Å². The molecule has 2 rings (SSSR count). The second-order valence-electron chi connectivity index (χ2n) is 7.16. The van der Waals surface area contributed by atoms with Gasteiger partial charge in [0.15, 0.2) is 5.78 Å². The van der Waals surface area contributed by atoms with Crippen LogP contribution >= 0.6 is 0 Å². The van der Waals surface area contributed by atoms with E-state index in [2.05, 4.69) is 17.6 Å². The van der Waals surface area contributed by atoms with Gasteiger partial charge in [0.1, 0.15) is 5.75 Å². The second-order valence-corrected chi connectivity index (χ2v) is 7.16. The molecular weight excluding hydrogens is 380 g/mol. The first-order chi connectivity index (χ1) is 14.5. The van der Waals surface area contributed by atoms with Gasteiger partial charge in [-0.2, -0.15) is 0 Å². The first-order valence-corrected chi connectivity index (χ1v) is 10.4. The molecule has 0 saturated heterocycles. The topological polar surface area (TPSA) is 84.5 Å². The van der Waals surface area contributed by atoms with Crippen molar-refractivity contribution in [2.75, 3.05) is 11.9 Å². The molecule has 0 radical (unpaired) electrons. The normalized spacial score (nSPS) is 10.3. The third-order valence-electron chi connectivity index (χ3n) is 4.51. The quantitative estimate of drug-likeness (QED) is 0.399. The van der Waals surface area contributed by atoms with E-state index in [0.717, 1.165) is 30.6 Å². The molecule has 0 aliphatic heterocycles. The number of carbonyl (C=O) groups excluding carboxylic acids is 3. The maximum absolute atomic E-state index is 12.3. The summed E-state index contributed by atoms with van der Waals surface area (Å²) in [6, 6.07) is 14.3. The molecule has 6 nitrogen and oxygen atoms in total. The minimum Gasteiger partial charge on any atom is -0.494 e. The number of hydrogen-bond donors (Lipinski definition) is 2. The number of anilines is 1. The van der Waals surface area contributed by atoms with Gasteiger partial charge in [-0.3, -0.25) is 14.4 Å². The number of carbonyl (C=O) groups is 3. The minimum absolute atomic E-state index is 0.0738. The van der Waals surface area contributed by atoms with Crippen molar-refractivity contribution in [3.63, 3.8) is 0 Å². The standard InChI is InChI=1S/C24H30N2O4/c1-3-4-5-15-30-22-11-9-20(10-12-22)23(28)13-14-24(29)25-17-19-7-6-8-21(16-19)26-18(2)27/h6-12,16H,3-5,13-15,17H2,1-2H3,(H,25,29)(H,26,27). The van der Waals surface area contributed by atoms with Crippen molar-refractivity contribution in [2.24, 2.45) is 0 Å². The fourth-order valence-electron chi connectivity index (χ4n) is 2.90. The summed E-state index contributed by atoms with van der Waals surface area (Å²) in [5, 5.41) is 5.51. The van der Waals surface area contributed by atoms with E-state index in [1.165, 1.54) is 6.92 Å². The zero-order valence-electron chi connectivity index (χ0n) is 17.7. The highest BCUT2D eigenvalue weighted by molar-refractivity contribution is 5.98. The van der Waals surface area contributed by atoms with E-state index in [0.29, 0.717) is 24.4 Å². The summed E-state index contributed by atoms with van der Waals surface area (Å²) in [6.45, 7) is 4.60. The van der Waals surface area contributed by atoms with Crippen LogP contribution in [0.5, 0.6) is 5.75 Å². The predicted octanol–water partition coefficient (Wildman–Crippen LogP) is 4.49. The van der Waals surface area contributed by atoms with Crippen LogP contribution in [0.2, 0.25) is 0 Å². The molecule has 2 aromatic rings. The van der Waals surface area contributed by atoms with Gasteiger partial charge < -0.3 is 15.4 Å². The van der Waals surface area contributed by atoms with E-state index in [4.69, 9.17) is 4.74 Å². The van der Waals surface area contributed by atoms with E-state index in [1.54, 1.807) is 36.4 Å². The van der Waals surface area contributed by atoms with E-state index < -0.39 is 0 Å². The average molecular weight is 411 g/mol. The molecule has 0 fully saturated rings. The Morgan fingerprint density at radius 2 is 1.73 bits per heavy atom. The molecule has 0 aliphatic rings. The van der Waals surface area contributed by atoms with E-state index in [-0.39, 0.29) is 30.4 Å². The predicted molar refractivity (Wildman–Crippen MR) is 118 cm³/mol. The largest absolute Gasteiger partial charge is 0.494 e. The molecule has 0 spiro atoms. The lowest BCUT2D eigenvalue weighted by molar-refractivity contribution is -0.121. The van der Waals surface area contributed by atoms with Crippen LogP contribution in [-0.2, 0) is 16.1 Å². The Balaban J connectivity index is 1.73. The first kappa shape index (κ1) is 23.1. The molecule has 0 heterocycles. The van der Waals surface area contributed by atoms with Crippen molar-refractivity contribution in [1.82, 2.24) is 5.32 Å².